The molecular formula is C18H18N4O4S. The number of anilines is 1. The molecule has 0 aliphatic heterocycles. The zero-order chi connectivity index (χ0) is 19.4. The number of ether oxygens (including phenoxy) is 1. The summed E-state index contributed by atoms with van der Waals surface area (Å²) in [5, 5.41) is 3.57. The molecule has 0 atom stereocenters. The molecule has 0 radical (unpaired) electrons. The molecule has 1 aromatic carbocycles. The zero-order valence-electron chi connectivity index (χ0n) is 14.9. The van der Waals surface area contributed by atoms with Gasteiger partial charge in [0.2, 0.25) is 5.91 Å². The molecule has 8 nitrogen and oxygen atoms in total. The summed E-state index contributed by atoms with van der Waals surface area (Å²) in [6.45, 7) is 2.06. The van der Waals surface area contributed by atoms with E-state index in [-0.39, 0.29) is 17.9 Å². The first kappa shape index (κ1) is 18.7. The lowest BCUT2D eigenvalue weighted by Crippen LogP contribution is -2.21. The first-order chi connectivity index (χ1) is 13.0. The van der Waals surface area contributed by atoms with Crippen molar-refractivity contribution in [2.24, 2.45) is 0 Å². The molecule has 0 fully saturated rings. The van der Waals surface area contributed by atoms with E-state index in [0.717, 1.165) is 11.3 Å². The highest BCUT2D eigenvalue weighted by Gasteiger charge is 2.16. The third-order valence-electron chi connectivity index (χ3n) is 3.95. The predicted octanol–water partition coefficient (Wildman–Crippen LogP) is 2.37. The number of esters is 1. The molecule has 0 aliphatic carbocycles. The lowest BCUT2D eigenvalue weighted by Gasteiger charge is -2.06. The minimum atomic E-state index is -0.478. The summed E-state index contributed by atoms with van der Waals surface area (Å²) in [4.78, 5) is 44.9. The molecule has 0 bridgehead atoms. The van der Waals surface area contributed by atoms with Gasteiger partial charge in [0.1, 0.15) is 4.88 Å². The molecule has 0 saturated heterocycles. The van der Waals surface area contributed by atoms with Gasteiger partial charge in [-0.05, 0) is 25.5 Å². The summed E-state index contributed by atoms with van der Waals surface area (Å²) >= 11 is 1.07. The summed E-state index contributed by atoms with van der Waals surface area (Å²) in [6.07, 6.45) is 2.18. The van der Waals surface area contributed by atoms with E-state index in [9.17, 15) is 14.4 Å². The summed E-state index contributed by atoms with van der Waals surface area (Å²) in [6, 6.07) is 7.14. The Morgan fingerprint density at radius 2 is 2.07 bits per heavy atom. The molecule has 140 valence electrons. The van der Waals surface area contributed by atoms with Crippen LogP contribution in [0.4, 0.5) is 5.13 Å². The van der Waals surface area contributed by atoms with Crippen LogP contribution in [0.25, 0.3) is 10.9 Å². The number of aromatic nitrogens is 3. The number of para-hydroxylation sites is 1. The summed E-state index contributed by atoms with van der Waals surface area (Å²) in [7, 11) is 1.29. The van der Waals surface area contributed by atoms with Crippen molar-refractivity contribution in [3.05, 3.63) is 51.5 Å². The van der Waals surface area contributed by atoms with Crippen molar-refractivity contribution in [2.75, 3.05) is 12.4 Å². The molecule has 0 saturated carbocycles. The van der Waals surface area contributed by atoms with Gasteiger partial charge in [-0.3, -0.25) is 14.2 Å². The molecule has 1 N–H and O–H groups in total. The Hall–Kier alpha value is -3.07. The third-order valence-corrected chi connectivity index (χ3v) is 5.00. The summed E-state index contributed by atoms with van der Waals surface area (Å²) < 4.78 is 6.17. The SMILES string of the molecule is COC(=O)c1sc(NC(=O)CCCn2cnc3ccccc3c2=O)nc1C. The average molecular weight is 386 g/mol. The van der Waals surface area contributed by atoms with Crippen LogP contribution in [0.15, 0.2) is 35.4 Å². The van der Waals surface area contributed by atoms with E-state index < -0.39 is 5.97 Å². The van der Waals surface area contributed by atoms with Crippen molar-refractivity contribution in [3.63, 3.8) is 0 Å². The van der Waals surface area contributed by atoms with Gasteiger partial charge >= 0.3 is 5.97 Å². The van der Waals surface area contributed by atoms with Crippen LogP contribution in [0.1, 0.15) is 28.2 Å². The summed E-state index contributed by atoms with van der Waals surface area (Å²) in [5.41, 5.74) is 1.03. The van der Waals surface area contributed by atoms with Crippen LogP contribution in [-0.2, 0) is 16.1 Å². The lowest BCUT2D eigenvalue weighted by molar-refractivity contribution is -0.116. The molecule has 27 heavy (non-hydrogen) atoms. The number of aryl methyl sites for hydroxylation is 2. The Morgan fingerprint density at radius 1 is 1.30 bits per heavy atom. The maximum absolute atomic E-state index is 12.4. The second kappa shape index (κ2) is 8.09. The Bertz CT molecular complexity index is 1060. The maximum atomic E-state index is 12.4. The van der Waals surface area contributed by atoms with E-state index in [1.54, 1.807) is 25.1 Å². The van der Waals surface area contributed by atoms with Crippen LogP contribution < -0.4 is 10.9 Å². The van der Waals surface area contributed by atoms with Gasteiger partial charge in [-0.1, -0.05) is 23.5 Å². The molecule has 2 heterocycles. The third kappa shape index (κ3) is 4.20. The molecule has 1 amide bonds. The van der Waals surface area contributed by atoms with Crippen molar-refractivity contribution in [2.45, 2.75) is 26.3 Å². The smallest absolute Gasteiger partial charge is 0.350 e. The maximum Gasteiger partial charge on any atom is 0.350 e. The quantitative estimate of drug-likeness (QED) is 0.653. The number of carbonyl (C=O) groups excluding carboxylic acids is 2. The Kier molecular flexibility index (Phi) is 5.60. The van der Waals surface area contributed by atoms with Crippen molar-refractivity contribution in [1.29, 1.82) is 0 Å². The summed E-state index contributed by atoms with van der Waals surface area (Å²) in [5.74, 6) is -0.712. The van der Waals surface area contributed by atoms with Crippen molar-refractivity contribution >= 4 is 39.2 Å². The molecular weight excluding hydrogens is 368 g/mol. The first-order valence-electron chi connectivity index (χ1n) is 8.29. The molecule has 9 heteroatoms. The van der Waals surface area contributed by atoms with Crippen LogP contribution in [0.3, 0.4) is 0 Å². The van der Waals surface area contributed by atoms with E-state index in [1.165, 1.54) is 18.0 Å². The van der Waals surface area contributed by atoms with Crippen LogP contribution in [0.5, 0.6) is 0 Å². The van der Waals surface area contributed by atoms with Crippen LogP contribution >= 0.6 is 11.3 Å². The Morgan fingerprint density at radius 3 is 2.85 bits per heavy atom. The molecule has 3 rings (SSSR count). The van der Waals surface area contributed by atoms with Gasteiger partial charge in [0, 0.05) is 13.0 Å². The average Bonchev–Trinajstić information content (AvgIpc) is 3.03. The van der Waals surface area contributed by atoms with E-state index in [2.05, 4.69) is 20.0 Å². The van der Waals surface area contributed by atoms with Gasteiger partial charge in [0.25, 0.3) is 5.56 Å². The van der Waals surface area contributed by atoms with E-state index in [4.69, 9.17) is 0 Å². The van der Waals surface area contributed by atoms with E-state index in [1.807, 2.05) is 6.07 Å². The van der Waals surface area contributed by atoms with Gasteiger partial charge in [-0.2, -0.15) is 0 Å². The fourth-order valence-corrected chi connectivity index (χ4v) is 3.49. The number of benzene rings is 1. The van der Waals surface area contributed by atoms with E-state index >= 15 is 0 Å². The highest BCUT2D eigenvalue weighted by Crippen LogP contribution is 2.23. The van der Waals surface area contributed by atoms with Crippen molar-refractivity contribution in [3.8, 4) is 0 Å². The second-order valence-electron chi connectivity index (χ2n) is 5.84. The Labute approximate surface area is 158 Å². The molecule has 3 aromatic rings. The Balaban J connectivity index is 1.58. The van der Waals surface area contributed by atoms with Gasteiger partial charge in [-0.15, -0.1) is 0 Å². The van der Waals surface area contributed by atoms with Crippen LogP contribution in [0.2, 0.25) is 0 Å². The van der Waals surface area contributed by atoms with Crippen molar-refractivity contribution in [1.82, 2.24) is 14.5 Å². The first-order valence-corrected chi connectivity index (χ1v) is 9.11. The number of thiazole rings is 1. The number of nitrogens with zero attached hydrogens (tertiary/aromatic N) is 3. The van der Waals surface area contributed by atoms with Crippen molar-refractivity contribution < 1.29 is 14.3 Å². The van der Waals surface area contributed by atoms with Gasteiger partial charge in [0.05, 0.1) is 30.0 Å². The zero-order valence-corrected chi connectivity index (χ0v) is 15.7. The van der Waals surface area contributed by atoms with E-state index in [0.29, 0.717) is 39.6 Å². The number of amides is 1. The fourth-order valence-electron chi connectivity index (χ4n) is 2.59. The largest absolute Gasteiger partial charge is 0.465 e. The van der Waals surface area contributed by atoms with Crippen LogP contribution in [-0.4, -0.2) is 33.5 Å². The number of methoxy groups -OCH3 is 1. The molecule has 0 aliphatic rings. The van der Waals surface area contributed by atoms with Gasteiger partial charge in [0.15, 0.2) is 5.13 Å². The standard InChI is InChI=1S/C18H18N4O4S/c1-11-15(17(25)26-2)27-18(20-11)21-14(23)8-5-9-22-10-19-13-7-4-3-6-12(13)16(22)24/h3-4,6-7,10H,5,8-9H2,1-2H3,(H,20,21,23). The number of fused-ring (bicyclic) bond motifs is 1. The number of nitrogens with one attached hydrogen (secondary N) is 1. The molecule has 0 spiro atoms. The second-order valence-corrected chi connectivity index (χ2v) is 6.84. The molecule has 2 aromatic heterocycles. The fraction of sp³-hybridized carbons (Fsp3) is 0.278. The molecule has 0 unspecified atom stereocenters. The normalized spacial score (nSPS) is 10.7. The minimum Gasteiger partial charge on any atom is -0.465 e. The predicted molar refractivity (Wildman–Crippen MR) is 102 cm³/mol. The number of carbonyl (C=O) groups is 2. The van der Waals surface area contributed by atoms with Gasteiger partial charge < -0.3 is 10.1 Å². The van der Waals surface area contributed by atoms with Gasteiger partial charge in [-0.25, -0.2) is 14.8 Å². The lowest BCUT2D eigenvalue weighted by atomic mass is 10.2. The number of hydrogen-bond donors (Lipinski definition) is 1. The highest BCUT2D eigenvalue weighted by molar-refractivity contribution is 7.17. The number of hydrogen-bond acceptors (Lipinski definition) is 7. The minimum absolute atomic E-state index is 0.126. The topological polar surface area (TPSA) is 103 Å². The number of rotatable bonds is 6. The van der Waals surface area contributed by atoms with Crippen LogP contribution in [0, 0.1) is 6.92 Å². The monoisotopic (exact) mass is 386 g/mol. The highest BCUT2D eigenvalue weighted by atomic mass is 32.1.